The van der Waals surface area contributed by atoms with Crippen LogP contribution in [0.15, 0.2) is 0 Å². The van der Waals surface area contributed by atoms with E-state index in [2.05, 4.69) is 38.0 Å². The van der Waals surface area contributed by atoms with Crippen LogP contribution >= 0.6 is 0 Å². The predicted molar refractivity (Wildman–Crippen MR) is 66.4 cm³/mol. The molecule has 0 radical (unpaired) electrons. The Morgan fingerprint density at radius 1 is 1.20 bits per heavy atom. The Bertz CT molecular complexity index is 129. The van der Waals surface area contributed by atoms with Gasteiger partial charge in [0, 0.05) is 19.6 Å². The monoisotopic (exact) mass is 216 g/mol. The predicted octanol–water partition coefficient (Wildman–Crippen LogP) is 1.73. The number of nitrogens with zero attached hydrogens (tertiary/aromatic N) is 1. The Morgan fingerprint density at radius 2 is 1.93 bits per heavy atom. The Kier molecular flexibility index (Phi) is 10.3. The van der Waals surface area contributed by atoms with E-state index in [0.29, 0.717) is 6.10 Å². The van der Waals surface area contributed by atoms with Gasteiger partial charge in [-0.2, -0.15) is 0 Å². The second-order valence-corrected chi connectivity index (χ2v) is 4.33. The molecule has 0 spiro atoms. The van der Waals surface area contributed by atoms with Gasteiger partial charge in [-0.25, -0.2) is 0 Å². The van der Waals surface area contributed by atoms with Crippen molar-refractivity contribution in [1.82, 2.24) is 10.2 Å². The zero-order valence-corrected chi connectivity index (χ0v) is 10.9. The summed E-state index contributed by atoms with van der Waals surface area (Å²) in [5.74, 6) is 0. The molecule has 15 heavy (non-hydrogen) atoms. The number of likely N-dealkylation sites (N-methyl/N-ethyl adjacent to an activating group) is 1. The minimum Gasteiger partial charge on any atom is -0.377 e. The van der Waals surface area contributed by atoms with Gasteiger partial charge in [0.05, 0.1) is 12.7 Å². The van der Waals surface area contributed by atoms with Crippen LogP contribution in [0.2, 0.25) is 0 Å². The maximum absolute atomic E-state index is 5.50. The molecule has 0 fully saturated rings. The van der Waals surface area contributed by atoms with Crippen molar-refractivity contribution in [3.8, 4) is 0 Å². The second-order valence-electron chi connectivity index (χ2n) is 4.33. The third-order valence-electron chi connectivity index (χ3n) is 2.30. The van der Waals surface area contributed by atoms with Gasteiger partial charge in [0.15, 0.2) is 0 Å². The van der Waals surface area contributed by atoms with Crippen molar-refractivity contribution in [3.63, 3.8) is 0 Å². The summed E-state index contributed by atoms with van der Waals surface area (Å²) >= 11 is 0. The van der Waals surface area contributed by atoms with Gasteiger partial charge < -0.3 is 15.0 Å². The van der Waals surface area contributed by atoms with Crippen molar-refractivity contribution in [1.29, 1.82) is 0 Å². The Balaban J connectivity index is 3.15. The van der Waals surface area contributed by atoms with E-state index >= 15 is 0 Å². The van der Waals surface area contributed by atoms with Crippen LogP contribution in [-0.4, -0.2) is 50.8 Å². The Hall–Kier alpha value is -0.120. The quantitative estimate of drug-likeness (QED) is 0.563. The molecule has 0 heterocycles. The summed E-state index contributed by atoms with van der Waals surface area (Å²) in [6, 6.07) is 0. The average Bonchev–Trinajstić information content (AvgIpc) is 2.17. The molecule has 3 heteroatoms. The van der Waals surface area contributed by atoms with Crippen LogP contribution in [0.4, 0.5) is 0 Å². The highest BCUT2D eigenvalue weighted by molar-refractivity contribution is 4.54. The molecule has 0 aromatic rings. The largest absolute Gasteiger partial charge is 0.377 e. The first-order valence-corrected chi connectivity index (χ1v) is 6.17. The maximum Gasteiger partial charge on any atom is 0.0596 e. The molecule has 1 N–H and O–H groups in total. The molecular formula is C12H28N2O. The van der Waals surface area contributed by atoms with Crippen LogP contribution in [0, 0.1) is 0 Å². The van der Waals surface area contributed by atoms with Crippen molar-refractivity contribution in [2.75, 3.05) is 39.8 Å². The van der Waals surface area contributed by atoms with Crippen molar-refractivity contribution in [2.45, 2.75) is 39.7 Å². The van der Waals surface area contributed by atoms with Crippen LogP contribution < -0.4 is 5.32 Å². The van der Waals surface area contributed by atoms with Gasteiger partial charge in [-0.1, -0.05) is 13.3 Å². The van der Waals surface area contributed by atoms with Gasteiger partial charge in [0.2, 0.25) is 0 Å². The summed E-state index contributed by atoms with van der Waals surface area (Å²) < 4.78 is 5.50. The zero-order chi connectivity index (χ0) is 11.5. The average molecular weight is 216 g/mol. The van der Waals surface area contributed by atoms with E-state index in [1.807, 2.05) is 0 Å². The van der Waals surface area contributed by atoms with E-state index in [-0.39, 0.29) is 0 Å². The lowest BCUT2D eigenvalue weighted by Gasteiger charge is -2.17. The summed E-state index contributed by atoms with van der Waals surface area (Å²) in [5.41, 5.74) is 0. The minimum atomic E-state index is 0.348. The second kappa shape index (κ2) is 10.4. The first kappa shape index (κ1) is 14.9. The summed E-state index contributed by atoms with van der Waals surface area (Å²) in [7, 11) is 2.14. The number of nitrogens with one attached hydrogen (secondary N) is 1. The van der Waals surface area contributed by atoms with Gasteiger partial charge in [-0.15, -0.1) is 0 Å². The molecular weight excluding hydrogens is 188 g/mol. The standard InChI is InChI=1S/C12H28N2O/c1-5-6-7-13-8-9-14(4)10-11-15-12(2)3/h12-13H,5-11H2,1-4H3. The topological polar surface area (TPSA) is 24.5 Å². The molecule has 0 unspecified atom stereocenters. The third-order valence-corrected chi connectivity index (χ3v) is 2.30. The molecule has 0 aliphatic carbocycles. The summed E-state index contributed by atoms with van der Waals surface area (Å²) in [5, 5.41) is 3.43. The molecule has 0 bridgehead atoms. The fraction of sp³-hybridized carbons (Fsp3) is 1.00. The highest BCUT2D eigenvalue weighted by Gasteiger charge is 1.98. The molecule has 0 saturated carbocycles. The molecule has 92 valence electrons. The highest BCUT2D eigenvalue weighted by atomic mass is 16.5. The number of ether oxygens (including phenoxy) is 1. The Morgan fingerprint density at radius 3 is 2.53 bits per heavy atom. The molecule has 0 amide bonds. The van der Waals surface area contributed by atoms with E-state index < -0.39 is 0 Å². The van der Waals surface area contributed by atoms with Crippen molar-refractivity contribution >= 4 is 0 Å². The van der Waals surface area contributed by atoms with Crippen LogP contribution in [0.3, 0.4) is 0 Å². The number of rotatable bonds is 10. The summed E-state index contributed by atoms with van der Waals surface area (Å²) in [6.45, 7) is 11.6. The first-order chi connectivity index (χ1) is 7.16. The molecule has 0 aromatic heterocycles. The normalized spacial score (nSPS) is 11.6. The molecule has 0 saturated heterocycles. The third kappa shape index (κ3) is 11.8. The molecule has 0 aromatic carbocycles. The fourth-order valence-electron chi connectivity index (χ4n) is 1.25. The lowest BCUT2D eigenvalue weighted by Crippen LogP contribution is -2.32. The van der Waals surface area contributed by atoms with E-state index in [4.69, 9.17) is 4.74 Å². The highest BCUT2D eigenvalue weighted by Crippen LogP contribution is 1.89. The van der Waals surface area contributed by atoms with Crippen molar-refractivity contribution < 1.29 is 4.74 Å². The molecule has 0 aliphatic heterocycles. The van der Waals surface area contributed by atoms with Crippen LogP contribution in [0.5, 0.6) is 0 Å². The van der Waals surface area contributed by atoms with Crippen LogP contribution in [0.1, 0.15) is 33.6 Å². The maximum atomic E-state index is 5.50. The SMILES string of the molecule is CCCCNCCN(C)CCOC(C)C. The van der Waals surface area contributed by atoms with E-state index in [1.165, 1.54) is 12.8 Å². The van der Waals surface area contributed by atoms with Crippen LogP contribution in [0.25, 0.3) is 0 Å². The number of hydrogen-bond acceptors (Lipinski definition) is 3. The van der Waals surface area contributed by atoms with Gasteiger partial charge in [-0.05, 0) is 33.9 Å². The molecule has 0 aliphatic rings. The van der Waals surface area contributed by atoms with Crippen molar-refractivity contribution in [2.24, 2.45) is 0 Å². The molecule has 0 atom stereocenters. The summed E-state index contributed by atoms with van der Waals surface area (Å²) in [6.07, 6.45) is 2.90. The lowest BCUT2D eigenvalue weighted by molar-refractivity contribution is 0.0640. The van der Waals surface area contributed by atoms with E-state index in [9.17, 15) is 0 Å². The smallest absolute Gasteiger partial charge is 0.0596 e. The molecule has 0 rings (SSSR count). The zero-order valence-electron chi connectivity index (χ0n) is 10.9. The minimum absolute atomic E-state index is 0.348. The number of hydrogen-bond donors (Lipinski definition) is 1. The Labute approximate surface area is 95.2 Å². The van der Waals surface area contributed by atoms with Crippen molar-refractivity contribution in [3.05, 3.63) is 0 Å². The van der Waals surface area contributed by atoms with Gasteiger partial charge in [0.1, 0.15) is 0 Å². The van der Waals surface area contributed by atoms with E-state index in [0.717, 1.165) is 32.8 Å². The first-order valence-electron chi connectivity index (χ1n) is 6.17. The van der Waals surface area contributed by atoms with Gasteiger partial charge in [-0.3, -0.25) is 0 Å². The lowest BCUT2D eigenvalue weighted by atomic mass is 10.3. The fourth-order valence-corrected chi connectivity index (χ4v) is 1.25. The van der Waals surface area contributed by atoms with Gasteiger partial charge in [0.25, 0.3) is 0 Å². The molecule has 3 nitrogen and oxygen atoms in total. The van der Waals surface area contributed by atoms with Crippen LogP contribution in [-0.2, 0) is 4.74 Å². The van der Waals surface area contributed by atoms with Gasteiger partial charge >= 0.3 is 0 Å². The van der Waals surface area contributed by atoms with E-state index in [1.54, 1.807) is 0 Å². The summed E-state index contributed by atoms with van der Waals surface area (Å²) in [4.78, 5) is 2.31. The number of unbranched alkanes of at least 4 members (excludes halogenated alkanes) is 1.